The van der Waals surface area contributed by atoms with Gasteiger partial charge in [0.15, 0.2) is 0 Å². The van der Waals surface area contributed by atoms with E-state index in [0.717, 1.165) is 6.07 Å². The number of hydrogen-bond acceptors (Lipinski definition) is 5. The number of primary amides is 1. The molecule has 1 aromatic heterocycles. The molecule has 0 spiro atoms. The molecule has 0 aliphatic carbocycles. The molecule has 0 saturated carbocycles. The molecule has 0 aliphatic heterocycles. The largest absolute Gasteiger partial charge is 0.398 e. The molecule has 0 aliphatic rings. The zero-order valence-electron chi connectivity index (χ0n) is 9.31. The summed E-state index contributed by atoms with van der Waals surface area (Å²) in [7, 11) is 0. The topological polar surface area (TPSA) is 107 Å². The number of nitrogens with two attached hydrogens (primary N) is 2. The summed E-state index contributed by atoms with van der Waals surface area (Å²) >= 11 is 0. The van der Waals surface area contributed by atoms with Crippen LogP contribution < -0.4 is 16.8 Å². The summed E-state index contributed by atoms with van der Waals surface area (Å²) in [5.41, 5.74) is 11.4. The van der Waals surface area contributed by atoms with Crippen molar-refractivity contribution in [2.75, 3.05) is 11.1 Å². The Labute approximate surface area is 102 Å². The maximum atomic E-state index is 13.6. The molecule has 5 N–H and O–H groups in total. The van der Waals surface area contributed by atoms with Gasteiger partial charge in [-0.15, -0.1) is 0 Å². The lowest BCUT2D eigenvalue weighted by Crippen LogP contribution is -2.15. The second-order valence-corrected chi connectivity index (χ2v) is 3.63. The van der Waals surface area contributed by atoms with E-state index in [1.54, 1.807) is 6.07 Å². The molecule has 1 amide bonds. The maximum Gasteiger partial charge on any atom is 0.250 e. The summed E-state index contributed by atoms with van der Waals surface area (Å²) < 4.78 is 18.2. The number of nitrogens with zero attached hydrogens (tertiary/aromatic N) is 1. The van der Waals surface area contributed by atoms with Gasteiger partial charge in [0, 0.05) is 11.8 Å². The second kappa shape index (κ2) is 4.74. The molecule has 6 nitrogen and oxygen atoms in total. The Bertz CT molecular complexity index is 569. The van der Waals surface area contributed by atoms with E-state index in [-0.39, 0.29) is 23.5 Å². The van der Waals surface area contributed by atoms with Gasteiger partial charge in [0.1, 0.15) is 17.8 Å². The van der Waals surface area contributed by atoms with Gasteiger partial charge in [0.05, 0.1) is 17.8 Å². The Balaban J connectivity index is 2.22. The second-order valence-electron chi connectivity index (χ2n) is 3.63. The molecule has 1 heterocycles. The first-order valence-electron chi connectivity index (χ1n) is 5.10. The Morgan fingerprint density at radius 3 is 2.89 bits per heavy atom. The van der Waals surface area contributed by atoms with E-state index >= 15 is 0 Å². The molecular formula is C11H11FN4O2. The first kappa shape index (κ1) is 11.9. The third kappa shape index (κ3) is 2.40. The van der Waals surface area contributed by atoms with Crippen LogP contribution in [0.15, 0.2) is 29.0 Å². The molecule has 0 saturated heterocycles. The Morgan fingerprint density at radius 2 is 2.28 bits per heavy atom. The van der Waals surface area contributed by atoms with Crippen LogP contribution in [0, 0.1) is 5.82 Å². The SMILES string of the molecule is NC(=O)c1cc(NCc2ccon2)c(F)cc1N. The van der Waals surface area contributed by atoms with Crippen molar-refractivity contribution in [2.45, 2.75) is 6.54 Å². The highest BCUT2D eigenvalue weighted by atomic mass is 19.1. The molecule has 2 rings (SSSR count). The highest BCUT2D eigenvalue weighted by molar-refractivity contribution is 5.99. The molecule has 7 heteroatoms. The molecule has 0 atom stereocenters. The van der Waals surface area contributed by atoms with Crippen LogP contribution in [0.4, 0.5) is 15.8 Å². The minimum atomic E-state index is -0.711. The van der Waals surface area contributed by atoms with Crippen LogP contribution in [-0.4, -0.2) is 11.1 Å². The minimum Gasteiger partial charge on any atom is -0.398 e. The number of aromatic nitrogens is 1. The summed E-state index contributed by atoms with van der Waals surface area (Å²) in [6.45, 7) is 0.259. The molecule has 0 radical (unpaired) electrons. The van der Waals surface area contributed by atoms with E-state index in [1.807, 2.05) is 0 Å². The maximum absolute atomic E-state index is 13.6. The number of hydrogen-bond donors (Lipinski definition) is 3. The number of halogens is 1. The molecule has 2 aromatic rings. The van der Waals surface area contributed by atoms with Crippen LogP contribution in [0.1, 0.15) is 16.1 Å². The summed E-state index contributed by atoms with van der Waals surface area (Å²) in [6, 6.07) is 3.95. The fourth-order valence-corrected chi connectivity index (χ4v) is 1.45. The van der Waals surface area contributed by atoms with Gasteiger partial charge in [-0.1, -0.05) is 5.16 Å². The summed E-state index contributed by atoms with van der Waals surface area (Å²) in [5.74, 6) is -1.28. The number of nitrogens with one attached hydrogen (secondary N) is 1. The number of nitrogen functional groups attached to an aromatic ring is 1. The number of rotatable bonds is 4. The normalized spacial score (nSPS) is 10.3. The number of benzene rings is 1. The minimum absolute atomic E-state index is 0.00647. The summed E-state index contributed by atoms with van der Waals surface area (Å²) in [5, 5.41) is 6.44. The van der Waals surface area contributed by atoms with Gasteiger partial charge < -0.3 is 21.3 Å². The Kier molecular flexibility index (Phi) is 3.13. The number of anilines is 2. The molecular weight excluding hydrogens is 239 g/mol. The van der Waals surface area contributed by atoms with Crippen molar-refractivity contribution in [3.8, 4) is 0 Å². The quantitative estimate of drug-likeness (QED) is 0.704. The third-order valence-corrected chi connectivity index (χ3v) is 2.36. The Morgan fingerprint density at radius 1 is 1.50 bits per heavy atom. The van der Waals surface area contributed by atoms with Crippen LogP contribution in [-0.2, 0) is 6.54 Å². The van der Waals surface area contributed by atoms with Gasteiger partial charge >= 0.3 is 0 Å². The lowest BCUT2D eigenvalue weighted by Gasteiger charge is -2.09. The van der Waals surface area contributed by atoms with Crippen LogP contribution >= 0.6 is 0 Å². The van der Waals surface area contributed by atoms with Crippen molar-refractivity contribution < 1.29 is 13.7 Å². The predicted molar refractivity (Wildman–Crippen MR) is 63.2 cm³/mol. The van der Waals surface area contributed by atoms with Gasteiger partial charge in [-0.25, -0.2) is 4.39 Å². The summed E-state index contributed by atoms with van der Waals surface area (Å²) in [4.78, 5) is 11.1. The van der Waals surface area contributed by atoms with Gasteiger partial charge in [-0.3, -0.25) is 4.79 Å². The van der Waals surface area contributed by atoms with Crippen LogP contribution in [0.5, 0.6) is 0 Å². The number of amides is 1. The first-order chi connectivity index (χ1) is 8.58. The number of carbonyl (C=O) groups is 1. The van der Waals surface area contributed by atoms with E-state index in [9.17, 15) is 9.18 Å². The van der Waals surface area contributed by atoms with Crippen LogP contribution in [0.25, 0.3) is 0 Å². The van der Waals surface area contributed by atoms with E-state index in [2.05, 4.69) is 15.0 Å². The molecule has 18 heavy (non-hydrogen) atoms. The smallest absolute Gasteiger partial charge is 0.250 e. The molecule has 0 unspecified atom stereocenters. The molecule has 0 fully saturated rings. The highest BCUT2D eigenvalue weighted by Gasteiger charge is 2.11. The van der Waals surface area contributed by atoms with Gasteiger partial charge in [-0.05, 0) is 12.1 Å². The zero-order valence-corrected chi connectivity index (χ0v) is 9.31. The van der Waals surface area contributed by atoms with Crippen LogP contribution in [0.3, 0.4) is 0 Å². The average Bonchev–Trinajstić information content (AvgIpc) is 2.80. The van der Waals surface area contributed by atoms with Crippen molar-refractivity contribution in [3.63, 3.8) is 0 Å². The van der Waals surface area contributed by atoms with Crippen molar-refractivity contribution in [1.82, 2.24) is 5.16 Å². The van der Waals surface area contributed by atoms with Crippen molar-refractivity contribution >= 4 is 17.3 Å². The van der Waals surface area contributed by atoms with Crippen molar-refractivity contribution in [3.05, 3.63) is 41.5 Å². The fraction of sp³-hybridized carbons (Fsp3) is 0.0909. The molecule has 1 aromatic carbocycles. The third-order valence-electron chi connectivity index (χ3n) is 2.36. The Hall–Kier alpha value is -2.57. The lowest BCUT2D eigenvalue weighted by atomic mass is 10.1. The van der Waals surface area contributed by atoms with Gasteiger partial charge in [0.25, 0.3) is 5.91 Å². The highest BCUT2D eigenvalue weighted by Crippen LogP contribution is 2.22. The van der Waals surface area contributed by atoms with E-state index in [4.69, 9.17) is 11.5 Å². The molecule has 94 valence electrons. The van der Waals surface area contributed by atoms with Gasteiger partial charge in [-0.2, -0.15) is 0 Å². The molecule has 0 bridgehead atoms. The van der Waals surface area contributed by atoms with Crippen LogP contribution in [0.2, 0.25) is 0 Å². The van der Waals surface area contributed by atoms with Gasteiger partial charge in [0.2, 0.25) is 0 Å². The van der Waals surface area contributed by atoms with Crippen molar-refractivity contribution in [2.24, 2.45) is 5.73 Å². The van der Waals surface area contributed by atoms with E-state index < -0.39 is 11.7 Å². The standard InChI is InChI=1S/C11H11FN4O2/c12-8-4-9(13)7(11(14)17)3-10(8)15-5-6-1-2-18-16-6/h1-4,15H,5,13H2,(H2,14,17). The average molecular weight is 250 g/mol. The fourth-order valence-electron chi connectivity index (χ4n) is 1.45. The van der Waals surface area contributed by atoms with E-state index in [0.29, 0.717) is 5.69 Å². The monoisotopic (exact) mass is 250 g/mol. The number of carbonyl (C=O) groups excluding carboxylic acids is 1. The zero-order chi connectivity index (χ0) is 13.1. The van der Waals surface area contributed by atoms with E-state index in [1.165, 1.54) is 12.3 Å². The van der Waals surface area contributed by atoms with Crippen molar-refractivity contribution in [1.29, 1.82) is 0 Å². The first-order valence-corrected chi connectivity index (χ1v) is 5.10. The predicted octanol–water partition coefficient (Wildman–Crippen LogP) is 1.11. The summed E-state index contributed by atoms with van der Waals surface area (Å²) in [6.07, 6.45) is 1.41. The lowest BCUT2D eigenvalue weighted by molar-refractivity contribution is 0.100.